The van der Waals surface area contributed by atoms with Crippen LogP contribution in [-0.2, 0) is 21.4 Å². The predicted octanol–water partition coefficient (Wildman–Crippen LogP) is 3.13. The van der Waals surface area contributed by atoms with E-state index >= 15 is 0 Å². The van der Waals surface area contributed by atoms with Crippen molar-refractivity contribution >= 4 is 21.6 Å². The summed E-state index contributed by atoms with van der Waals surface area (Å²) < 4.78 is 31.6. The third-order valence-corrected chi connectivity index (χ3v) is 5.75. The molecule has 2 rings (SSSR count). The minimum atomic E-state index is -3.65. The number of aryl methyl sites for hydroxylation is 2. The summed E-state index contributed by atoms with van der Waals surface area (Å²) in [7, 11) is -0.416. The number of benzene rings is 2. The molecule has 0 saturated carbocycles. The number of methoxy groups -OCH3 is 1. The molecule has 0 unspecified atom stereocenters. The molecule has 1 atom stereocenters. The average molecular weight is 405 g/mol. The molecule has 0 N–H and O–H groups in total. The van der Waals surface area contributed by atoms with Crippen molar-refractivity contribution in [2.45, 2.75) is 33.4 Å². The van der Waals surface area contributed by atoms with Gasteiger partial charge in [-0.25, -0.2) is 8.42 Å². The largest absolute Gasteiger partial charge is 0.496 e. The van der Waals surface area contributed by atoms with Crippen molar-refractivity contribution in [1.29, 1.82) is 0 Å². The van der Waals surface area contributed by atoms with Crippen LogP contribution in [0.1, 0.15) is 23.6 Å². The van der Waals surface area contributed by atoms with Crippen molar-refractivity contribution in [3.05, 3.63) is 59.2 Å². The van der Waals surface area contributed by atoms with E-state index in [1.807, 2.05) is 44.2 Å². The third-order valence-electron chi connectivity index (χ3n) is 4.50. The number of sulfonamides is 1. The number of anilines is 1. The molecule has 2 aromatic carbocycles. The van der Waals surface area contributed by atoms with Crippen molar-refractivity contribution < 1.29 is 17.9 Å². The minimum absolute atomic E-state index is 0.296. The Morgan fingerprint density at radius 2 is 1.68 bits per heavy atom. The first-order valence-electron chi connectivity index (χ1n) is 8.99. The highest BCUT2D eigenvalue weighted by Crippen LogP contribution is 2.25. The normalized spacial score (nSPS) is 12.4. The third kappa shape index (κ3) is 5.04. The lowest BCUT2D eigenvalue weighted by atomic mass is 10.1. The van der Waals surface area contributed by atoms with Gasteiger partial charge in [-0.1, -0.05) is 24.3 Å². The van der Waals surface area contributed by atoms with E-state index in [2.05, 4.69) is 0 Å². The number of hydrogen-bond acceptors (Lipinski definition) is 4. The number of amides is 1. The van der Waals surface area contributed by atoms with Gasteiger partial charge in [-0.3, -0.25) is 9.10 Å². The van der Waals surface area contributed by atoms with Crippen LogP contribution in [-0.4, -0.2) is 45.7 Å². The maximum absolute atomic E-state index is 13.1. The highest BCUT2D eigenvalue weighted by Gasteiger charge is 2.31. The van der Waals surface area contributed by atoms with E-state index in [1.54, 1.807) is 33.2 Å². The minimum Gasteiger partial charge on any atom is -0.496 e. The predicted molar refractivity (Wildman–Crippen MR) is 112 cm³/mol. The molecule has 0 aliphatic rings. The lowest BCUT2D eigenvalue weighted by molar-refractivity contribution is -0.131. The summed E-state index contributed by atoms with van der Waals surface area (Å²) in [5, 5.41) is 0. The van der Waals surface area contributed by atoms with Gasteiger partial charge in [0.1, 0.15) is 11.8 Å². The molecule has 6 nitrogen and oxygen atoms in total. The smallest absolute Gasteiger partial charge is 0.246 e. The standard InChI is InChI=1S/C21H28N2O4S/c1-15-11-16(2)13-19(12-15)23(28(6,25)26)17(3)21(24)22(4)14-18-9-7-8-10-20(18)27-5/h7-13,17H,14H2,1-6H3/t17-/m0/s1. The van der Waals surface area contributed by atoms with E-state index < -0.39 is 16.1 Å². The number of carbonyl (C=O) groups is 1. The van der Waals surface area contributed by atoms with Crippen LogP contribution in [0, 0.1) is 13.8 Å². The fourth-order valence-corrected chi connectivity index (χ4v) is 4.52. The van der Waals surface area contributed by atoms with E-state index in [4.69, 9.17) is 4.74 Å². The first-order chi connectivity index (χ1) is 13.0. The number of hydrogen-bond donors (Lipinski definition) is 0. The second-order valence-corrected chi connectivity index (χ2v) is 8.95. The summed E-state index contributed by atoms with van der Waals surface area (Å²) in [6.45, 7) is 5.73. The number of rotatable bonds is 7. The molecule has 0 saturated heterocycles. The van der Waals surface area contributed by atoms with Crippen molar-refractivity contribution in [1.82, 2.24) is 4.90 Å². The Morgan fingerprint density at radius 3 is 2.21 bits per heavy atom. The van der Waals surface area contributed by atoms with Gasteiger partial charge in [0.05, 0.1) is 19.1 Å². The summed E-state index contributed by atoms with van der Waals surface area (Å²) in [5.74, 6) is 0.388. The SMILES string of the molecule is COc1ccccc1CN(C)C(=O)[C@H](C)N(c1cc(C)cc(C)c1)S(C)(=O)=O. The topological polar surface area (TPSA) is 66.9 Å². The molecular weight excluding hydrogens is 376 g/mol. The molecule has 0 aromatic heterocycles. The Morgan fingerprint density at radius 1 is 1.11 bits per heavy atom. The van der Waals surface area contributed by atoms with Crippen molar-refractivity contribution in [2.75, 3.05) is 24.7 Å². The number of carbonyl (C=O) groups excluding carboxylic acids is 1. The number of ether oxygens (including phenoxy) is 1. The number of nitrogens with zero attached hydrogens (tertiary/aromatic N) is 2. The first kappa shape index (κ1) is 21.8. The molecule has 2 aromatic rings. The second kappa shape index (κ2) is 8.65. The molecule has 7 heteroatoms. The van der Waals surface area contributed by atoms with E-state index in [0.29, 0.717) is 18.0 Å². The van der Waals surface area contributed by atoms with Gasteiger partial charge in [0.25, 0.3) is 0 Å². The average Bonchev–Trinajstić information content (AvgIpc) is 2.59. The number of para-hydroxylation sites is 1. The lowest BCUT2D eigenvalue weighted by Gasteiger charge is -2.31. The lowest BCUT2D eigenvalue weighted by Crippen LogP contribution is -2.48. The van der Waals surface area contributed by atoms with Crippen molar-refractivity contribution in [3.63, 3.8) is 0 Å². The highest BCUT2D eigenvalue weighted by molar-refractivity contribution is 7.92. The van der Waals surface area contributed by atoms with Gasteiger partial charge in [-0.15, -0.1) is 0 Å². The van der Waals surface area contributed by atoms with E-state index in [0.717, 1.165) is 22.9 Å². The van der Waals surface area contributed by atoms with Crippen LogP contribution in [0.15, 0.2) is 42.5 Å². The van der Waals surface area contributed by atoms with E-state index in [1.165, 1.54) is 9.21 Å². The van der Waals surface area contributed by atoms with Gasteiger partial charge in [-0.2, -0.15) is 0 Å². The Labute approximate surface area is 167 Å². The molecule has 0 aliphatic carbocycles. The molecule has 0 fully saturated rings. The molecular formula is C21H28N2O4S. The van der Waals surface area contributed by atoms with Crippen LogP contribution in [0.3, 0.4) is 0 Å². The molecule has 1 amide bonds. The van der Waals surface area contributed by atoms with Gasteiger partial charge in [0.15, 0.2) is 0 Å². The fourth-order valence-electron chi connectivity index (χ4n) is 3.37. The van der Waals surface area contributed by atoms with E-state index in [-0.39, 0.29) is 5.91 Å². The van der Waals surface area contributed by atoms with Gasteiger partial charge >= 0.3 is 0 Å². The Hall–Kier alpha value is -2.54. The zero-order valence-electron chi connectivity index (χ0n) is 17.3. The van der Waals surface area contributed by atoms with Gasteiger partial charge in [0.2, 0.25) is 15.9 Å². The number of likely N-dealkylation sites (N-methyl/N-ethyl adjacent to an activating group) is 1. The van der Waals surface area contributed by atoms with E-state index in [9.17, 15) is 13.2 Å². The fraction of sp³-hybridized carbons (Fsp3) is 0.381. The van der Waals surface area contributed by atoms with Gasteiger partial charge < -0.3 is 9.64 Å². The van der Waals surface area contributed by atoms with Crippen LogP contribution < -0.4 is 9.04 Å². The Bertz CT molecular complexity index is 936. The zero-order chi connectivity index (χ0) is 21.1. The van der Waals surface area contributed by atoms with Crippen LogP contribution >= 0.6 is 0 Å². The summed E-state index contributed by atoms with van der Waals surface area (Å²) in [6.07, 6.45) is 1.12. The molecule has 0 bridgehead atoms. The molecule has 28 heavy (non-hydrogen) atoms. The monoisotopic (exact) mass is 404 g/mol. The second-order valence-electron chi connectivity index (χ2n) is 7.09. The summed E-state index contributed by atoms with van der Waals surface area (Å²) in [5.41, 5.74) is 3.22. The highest BCUT2D eigenvalue weighted by atomic mass is 32.2. The maximum Gasteiger partial charge on any atom is 0.246 e. The van der Waals surface area contributed by atoms with Crippen LogP contribution in [0.4, 0.5) is 5.69 Å². The molecule has 152 valence electrons. The van der Waals surface area contributed by atoms with Crippen molar-refractivity contribution in [2.24, 2.45) is 0 Å². The molecule has 0 aliphatic heterocycles. The maximum atomic E-state index is 13.1. The first-order valence-corrected chi connectivity index (χ1v) is 10.8. The van der Waals surface area contributed by atoms with Crippen LogP contribution in [0.2, 0.25) is 0 Å². The summed E-state index contributed by atoms with van der Waals surface area (Å²) in [6, 6.07) is 12.1. The quantitative estimate of drug-likeness (QED) is 0.711. The Kier molecular flexibility index (Phi) is 6.72. The summed E-state index contributed by atoms with van der Waals surface area (Å²) >= 11 is 0. The van der Waals surface area contributed by atoms with Gasteiger partial charge in [0, 0.05) is 19.2 Å². The zero-order valence-corrected chi connectivity index (χ0v) is 18.1. The van der Waals surface area contributed by atoms with Crippen LogP contribution in [0.25, 0.3) is 0 Å². The van der Waals surface area contributed by atoms with Crippen molar-refractivity contribution in [3.8, 4) is 5.75 Å². The van der Waals surface area contributed by atoms with Gasteiger partial charge in [-0.05, 0) is 50.1 Å². The van der Waals surface area contributed by atoms with Crippen LogP contribution in [0.5, 0.6) is 5.75 Å². The Balaban J connectivity index is 2.33. The molecule has 0 spiro atoms. The summed E-state index contributed by atoms with van der Waals surface area (Å²) in [4.78, 5) is 14.6. The molecule has 0 radical (unpaired) electrons. The molecule has 0 heterocycles.